The zero-order chi connectivity index (χ0) is 30.3. The molecule has 43 heavy (non-hydrogen) atoms. The highest BCUT2D eigenvalue weighted by molar-refractivity contribution is 6.32. The van der Waals surface area contributed by atoms with Crippen LogP contribution in [0.2, 0.25) is 10.0 Å². The molecule has 1 aliphatic heterocycles. The third kappa shape index (κ3) is 7.60. The van der Waals surface area contributed by atoms with E-state index < -0.39 is 11.8 Å². The van der Waals surface area contributed by atoms with Crippen LogP contribution in [-0.2, 0) is 11.3 Å². The van der Waals surface area contributed by atoms with Crippen molar-refractivity contribution in [3.63, 3.8) is 0 Å². The van der Waals surface area contributed by atoms with Gasteiger partial charge in [-0.05, 0) is 60.9 Å². The van der Waals surface area contributed by atoms with Gasteiger partial charge in [0.15, 0.2) is 0 Å². The van der Waals surface area contributed by atoms with Crippen LogP contribution in [0.3, 0.4) is 0 Å². The second-order valence-electron chi connectivity index (χ2n) is 9.96. The Bertz CT molecular complexity index is 1670. The molecule has 0 aliphatic carbocycles. The molecule has 1 aliphatic rings. The molecule has 222 valence electrons. The number of carbonyl (C=O) groups excluding carboxylic acids is 2. The maximum Gasteiger partial charge on any atom is 0.259 e. The van der Waals surface area contributed by atoms with Crippen molar-refractivity contribution in [3.8, 4) is 16.9 Å². The monoisotopic (exact) mass is 621 g/mol. The van der Waals surface area contributed by atoms with E-state index in [9.17, 15) is 19.5 Å². The molecule has 0 saturated carbocycles. The normalized spacial score (nSPS) is 13.4. The first-order valence-corrected chi connectivity index (χ1v) is 14.4. The van der Waals surface area contributed by atoms with E-state index in [1.807, 2.05) is 6.07 Å². The van der Waals surface area contributed by atoms with Crippen LogP contribution in [-0.4, -0.2) is 52.3 Å². The van der Waals surface area contributed by atoms with Gasteiger partial charge in [-0.15, -0.1) is 0 Å². The fraction of sp³-hybridized carbons (Fsp3) is 0.226. The number of carbonyl (C=O) groups is 2. The maximum absolute atomic E-state index is 13.2. The number of hydrogen-bond acceptors (Lipinski definition) is 7. The van der Waals surface area contributed by atoms with Gasteiger partial charge in [0.25, 0.3) is 17.4 Å². The number of rotatable bonds is 9. The molecule has 4 N–H and O–H groups in total. The van der Waals surface area contributed by atoms with Gasteiger partial charge in [-0.25, -0.2) is 4.98 Å². The zero-order valence-electron chi connectivity index (χ0n) is 23.0. The van der Waals surface area contributed by atoms with Gasteiger partial charge in [0.1, 0.15) is 11.6 Å². The number of amides is 2. The Morgan fingerprint density at radius 3 is 2.47 bits per heavy atom. The summed E-state index contributed by atoms with van der Waals surface area (Å²) in [6, 6.07) is 16.1. The molecule has 1 fully saturated rings. The van der Waals surface area contributed by atoms with Gasteiger partial charge < -0.3 is 30.4 Å². The standard InChI is InChI=1S/C31H29Cl2N5O5/c32-21-7-8-27(35-18-21)36-30(41)25-16-22(33)17-26(39)28(25)37-29(40)20-5-3-19(4-6-20)24-2-1-12-38(31(24)42)13-11-34-23-9-14-43-15-10-23/h1-8,12,16-18,23,34,39H,9-11,13-15H2,(H,37,40)(H,35,36,41). The number of aromatic hydroxyl groups is 1. The highest BCUT2D eigenvalue weighted by atomic mass is 35.5. The van der Waals surface area contributed by atoms with E-state index in [-0.39, 0.29) is 39.0 Å². The van der Waals surface area contributed by atoms with E-state index in [4.69, 9.17) is 27.9 Å². The van der Waals surface area contributed by atoms with Crippen LogP contribution in [0, 0.1) is 0 Å². The van der Waals surface area contributed by atoms with Crippen LogP contribution in [0.25, 0.3) is 11.1 Å². The van der Waals surface area contributed by atoms with Crippen LogP contribution < -0.4 is 21.5 Å². The SMILES string of the molecule is O=C(Nc1c(O)cc(Cl)cc1C(=O)Nc1ccc(Cl)cn1)c1ccc(-c2cccn(CCNC3CCOCC3)c2=O)cc1. The Balaban J connectivity index is 1.28. The van der Waals surface area contributed by atoms with Crippen molar-refractivity contribution in [2.24, 2.45) is 0 Å². The van der Waals surface area contributed by atoms with Gasteiger partial charge in [0, 0.05) is 67.0 Å². The minimum atomic E-state index is -0.651. The molecular formula is C31H29Cl2N5O5. The molecule has 2 amide bonds. The second-order valence-corrected chi connectivity index (χ2v) is 10.8. The second kappa shape index (κ2) is 13.8. The van der Waals surface area contributed by atoms with E-state index in [1.54, 1.807) is 47.2 Å². The lowest BCUT2D eigenvalue weighted by Gasteiger charge is -2.23. The molecule has 3 heterocycles. The summed E-state index contributed by atoms with van der Waals surface area (Å²) in [5, 5.41) is 19.7. The summed E-state index contributed by atoms with van der Waals surface area (Å²) in [5.41, 5.74) is 1.09. The molecule has 0 radical (unpaired) electrons. The Labute approximate surface area is 257 Å². The number of benzene rings is 2. The fourth-order valence-corrected chi connectivity index (χ4v) is 5.07. The molecule has 0 spiro atoms. The molecule has 0 bridgehead atoms. The molecule has 4 aromatic rings. The number of anilines is 2. The average molecular weight is 623 g/mol. The molecule has 0 unspecified atom stereocenters. The van der Waals surface area contributed by atoms with Crippen LogP contribution in [0.5, 0.6) is 5.75 Å². The Hall–Kier alpha value is -4.22. The van der Waals surface area contributed by atoms with Gasteiger partial charge >= 0.3 is 0 Å². The third-order valence-electron chi connectivity index (χ3n) is 7.02. The van der Waals surface area contributed by atoms with E-state index in [0.717, 1.165) is 26.1 Å². The van der Waals surface area contributed by atoms with Gasteiger partial charge in [-0.2, -0.15) is 0 Å². The van der Waals surface area contributed by atoms with Gasteiger partial charge in [-0.1, -0.05) is 35.3 Å². The Morgan fingerprint density at radius 1 is 0.977 bits per heavy atom. The van der Waals surface area contributed by atoms with Gasteiger partial charge in [0.2, 0.25) is 0 Å². The van der Waals surface area contributed by atoms with Crippen molar-refractivity contribution in [1.82, 2.24) is 14.9 Å². The smallest absolute Gasteiger partial charge is 0.259 e. The van der Waals surface area contributed by atoms with Crippen molar-refractivity contribution >= 4 is 46.5 Å². The predicted molar refractivity (Wildman–Crippen MR) is 166 cm³/mol. The molecule has 12 heteroatoms. The number of aromatic nitrogens is 2. The van der Waals surface area contributed by atoms with Crippen molar-refractivity contribution in [1.29, 1.82) is 0 Å². The van der Waals surface area contributed by atoms with Crippen LogP contribution >= 0.6 is 23.2 Å². The molecule has 2 aromatic heterocycles. The summed E-state index contributed by atoms with van der Waals surface area (Å²) in [6.45, 7) is 2.70. The topological polar surface area (TPSA) is 135 Å². The summed E-state index contributed by atoms with van der Waals surface area (Å²) in [4.78, 5) is 43.4. The highest BCUT2D eigenvalue weighted by Crippen LogP contribution is 2.32. The third-order valence-corrected chi connectivity index (χ3v) is 7.46. The fourth-order valence-electron chi connectivity index (χ4n) is 4.75. The number of nitrogens with zero attached hydrogens (tertiary/aromatic N) is 2. The molecule has 1 saturated heterocycles. The predicted octanol–water partition coefficient (Wildman–Crippen LogP) is 5.20. The first kappa shape index (κ1) is 30.2. The Morgan fingerprint density at radius 2 is 1.74 bits per heavy atom. The summed E-state index contributed by atoms with van der Waals surface area (Å²) >= 11 is 11.9. The molecule has 5 rings (SSSR count). The van der Waals surface area contributed by atoms with Crippen molar-refractivity contribution < 1.29 is 19.4 Å². The summed E-state index contributed by atoms with van der Waals surface area (Å²) in [5.74, 6) is -1.39. The van der Waals surface area contributed by atoms with E-state index >= 15 is 0 Å². The first-order valence-electron chi connectivity index (χ1n) is 13.7. The van der Waals surface area contributed by atoms with Crippen LogP contribution in [0.4, 0.5) is 11.5 Å². The number of phenolic OH excluding ortho intramolecular Hbond substituents is 1. The largest absolute Gasteiger partial charge is 0.506 e. The molecule has 0 atom stereocenters. The summed E-state index contributed by atoms with van der Waals surface area (Å²) in [7, 11) is 0. The number of nitrogens with one attached hydrogen (secondary N) is 3. The average Bonchev–Trinajstić information content (AvgIpc) is 3.01. The number of phenols is 1. The van der Waals surface area contributed by atoms with E-state index in [2.05, 4.69) is 20.9 Å². The minimum Gasteiger partial charge on any atom is -0.506 e. The lowest BCUT2D eigenvalue weighted by molar-refractivity contribution is 0.0778. The zero-order valence-corrected chi connectivity index (χ0v) is 24.5. The lowest BCUT2D eigenvalue weighted by Crippen LogP contribution is -2.37. The van der Waals surface area contributed by atoms with Crippen molar-refractivity contribution in [2.45, 2.75) is 25.4 Å². The maximum atomic E-state index is 13.2. The minimum absolute atomic E-state index is 0.0668. The van der Waals surface area contributed by atoms with Gasteiger partial charge in [0.05, 0.1) is 16.3 Å². The van der Waals surface area contributed by atoms with Crippen molar-refractivity contribution in [2.75, 3.05) is 30.4 Å². The first-order chi connectivity index (χ1) is 20.8. The van der Waals surface area contributed by atoms with Crippen molar-refractivity contribution in [3.05, 3.63) is 105 Å². The number of pyridine rings is 2. The van der Waals surface area contributed by atoms with Crippen LogP contribution in [0.15, 0.2) is 77.9 Å². The number of hydrogen-bond donors (Lipinski definition) is 4. The molecule has 10 nitrogen and oxygen atoms in total. The summed E-state index contributed by atoms with van der Waals surface area (Å²) < 4.78 is 7.05. The highest BCUT2D eigenvalue weighted by Gasteiger charge is 2.20. The van der Waals surface area contributed by atoms with Crippen LogP contribution in [0.1, 0.15) is 33.6 Å². The lowest BCUT2D eigenvalue weighted by atomic mass is 10.0. The quantitative estimate of drug-likeness (QED) is 0.189. The molecule has 2 aromatic carbocycles. The Kier molecular flexibility index (Phi) is 9.73. The summed E-state index contributed by atoms with van der Waals surface area (Å²) in [6.07, 6.45) is 5.05. The number of ether oxygens (including phenoxy) is 1. The number of halogens is 2. The van der Waals surface area contributed by atoms with Gasteiger partial charge in [-0.3, -0.25) is 14.4 Å². The van der Waals surface area contributed by atoms with E-state index in [1.165, 1.54) is 24.4 Å². The molecular weight excluding hydrogens is 593 g/mol. The van der Waals surface area contributed by atoms with E-state index in [0.29, 0.717) is 35.3 Å².